The molecule has 0 aromatic heterocycles. The van der Waals surface area contributed by atoms with Crippen LogP contribution in [-0.2, 0) is 6.61 Å². The Balaban J connectivity index is 1.43. The monoisotopic (exact) mass is 508 g/mol. The van der Waals surface area contributed by atoms with Gasteiger partial charge in [0.05, 0.1) is 6.61 Å². The van der Waals surface area contributed by atoms with Crippen molar-refractivity contribution in [3.8, 4) is 33.8 Å². The number of hydrogen-bond acceptors (Lipinski definition) is 2. The highest BCUT2D eigenvalue weighted by molar-refractivity contribution is 5.66. The minimum absolute atomic E-state index is 0.0259. The van der Waals surface area contributed by atoms with Crippen molar-refractivity contribution in [3.05, 3.63) is 107 Å². The lowest BCUT2D eigenvalue weighted by atomic mass is 10.0. The van der Waals surface area contributed by atoms with Gasteiger partial charge in [0.1, 0.15) is 6.61 Å². The lowest BCUT2D eigenvalue weighted by Gasteiger charge is -2.12. The third-order valence-electron chi connectivity index (χ3n) is 6.12. The highest BCUT2D eigenvalue weighted by Gasteiger charge is 2.17. The van der Waals surface area contributed by atoms with E-state index >= 15 is 0 Å². The Morgan fingerprint density at radius 1 is 0.568 bits per heavy atom. The Bertz CT molecular complexity index is 1350. The van der Waals surface area contributed by atoms with Crippen LogP contribution in [0, 0.1) is 30.2 Å². The Kier molecular flexibility index (Phi) is 8.49. The first-order chi connectivity index (χ1) is 17.9. The molecule has 4 rings (SSSR count). The molecule has 4 aromatic carbocycles. The van der Waals surface area contributed by atoms with Crippen molar-refractivity contribution in [3.63, 3.8) is 0 Å². The topological polar surface area (TPSA) is 18.5 Å². The number of rotatable bonds is 10. The maximum atomic E-state index is 14.7. The summed E-state index contributed by atoms with van der Waals surface area (Å²) in [6.45, 7) is 4.27. The van der Waals surface area contributed by atoms with E-state index in [2.05, 4.69) is 0 Å². The molecular weight excluding hydrogens is 480 g/mol. The Morgan fingerprint density at radius 3 is 1.62 bits per heavy atom. The SMILES string of the molecule is CCCCCOc1ccc(-c2ccc(COc3ccc(-c4ccc(C)cc4)c(F)c3F)cc2)c(F)c1F. The van der Waals surface area contributed by atoms with Crippen molar-refractivity contribution in [2.24, 2.45) is 0 Å². The molecule has 0 atom stereocenters. The highest BCUT2D eigenvalue weighted by atomic mass is 19.2. The van der Waals surface area contributed by atoms with Crippen molar-refractivity contribution in [1.29, 1.82) is 0 Å². The van der Waals surface area contributed by atoms with Crippen LogP contribution in [0.25, 0.3) is 22.3 Å². The summed E-state index contributed by atoms with van der Waals surface area (Å²) in [7, 11) is 0. The first-order valence-corrected chi connectivity index (χ1v) is 12.3. The molecule has 0 aliphatic rings. The largest absolute Gasteiger partial charge is 0.490 e. The van der Waals surface area contributed by atoms with E-state index in [0.29, 0.717) is 23.3 Å². The molecule has 0 fully saturated rings. The number of benzene rings is 4. The van der Waals surface area contributed by atoms with E-state index in [1.54, 1.807) is 36.4 Å². The van der Waals surface area contributed by atoms with Crippen molar-refractivity contribution in [2.45, 2.75) is 39.7 Å². The van der Waals surface area contributed by atoms with E-state index in [1.165, 1.54) is 24.3 Å². The molecule has 0 saturated heterocycles. The van der Waals surface area contributed by atoms with Gasteiger partial charge in [0.2, 0.25) is 11.6 Å². The molecule has 4 aromatic rings. The molecule has 0 amide bonds. The zero-order valence-electron chi connectivity index (χ0n) is 20.8. The van der Waals surface area contributed by atoms with Crippen LogP contribution in [0.4, 0.5) is 17.6 Å². The van der Waals surface area contributed by atoms with Gasteiger partial charge in [-0.1, -0.05) is 73.9 Å². The second kappa shape index (κ2) is 12.0. The first kappa shape index (κ1) is 26.3. The number of unbranched alkanes of at least 4 members (excludes halogenated alkanes) is 2. The van der Waals surface area contributed by atoms with Crippen molar-refractivity contribution >= 4 is 0 Å². The fourth-order valence-corrected chi connectivity index (χ4v) is 3.94. The normalized spacial score (nSPS) is 11.0. The predicted octanol–water partition coefficient (Wildman–Crippen LogP) is 9.03. The van der Waals surface area contributed by atoms with Crippen LogP contribution in [0.5, 0.6) is 11.5 Å². The van der Waals surface area contributed by atoms with Gasteiger partial charge in [0, 0.05) is 11.1 Å². The van der Waals surface area contributed by atoms with E-state index in [-0.39, 0.29) is 29.2 Å². The number of aryl methyl sites for hydroxylation is 1. The molecule has 0 saturated carbocycles. The summed E-state index contributed by atoms with van der Waals surface area (Å²) in [5.41, 5.74) is 2.98. The fraction of sp³-hybridized carbons (Fsp3) is 0.226. The van der Waals surface area contributed by atoms with Gasteiger partial charge in [-0.05, 0) is 54.3 Å². The third kappa shape index (κ3) is 6.13. The van der Waals surface area contributed by atoms with Gasteiger partial charge in [0.15, 0.2) is 23.1 Å². The molecule has 0 radical (unpaired) electrons. The molecule has 0 aliphatic carbocycles. The van der Waals surface area contributed by atoms with Crippen molar-refractivity contribution < 1.29 is 27.0 Å². The third-order valence-corrected chi connectivity index (χ3v) is 6.12. The summed E-state index contributed by atoms with van der Waals surface area (Å²) in [4.78, 5) is 0. The minimum atomic E-state index is -1.07. The summed E-state index contributed by atoms with van der Waals surface area (Å²) in [6.07, 6.45) is 2.74. The highest BCUT2D eigenvalue weighted by Crippen LogP contribution is 2.32. The average Bonchev–Trinajstić information content (AvgIpc) is 2.91. The zero-order valence-corrected chi connectivity index (χ0v) is 20.8. The average molecular weight is 509 g/mol. The molecule has 0 unspecified atom stereocenters. The summed E-state index contributed by atoms with van der Waals surface area (Å²) in [5, 5.41) is 0. The lowest BCUT2D eigenvalue weighted by Crippen LogP contribution is -2.02. The summed E-state index contributed by atoms with van der Waals surface area (Å²) in [5.74, 6) is -4.36. The fourth-order valence-electron chi connectivity index (χ4n) is 3.94. The van der Waals surface area contributed by atoms with Crippen molar-refractivity contribution in [1.82, 2.24) is 0 Å². The van der Waals surface area contributed by atoms with Crippen LogP contribution in [0.15, 0.2) is 72.8 Å². The molecule has 0 N–H and O–H groups in total. The molecule has 2 nitrogen and oxygen atoms in total. The van der Waals surface area contributed by atoms with Gasteiger partial charge in [0.25, 0.3) is 0 Å². The second-order valence-corrected chi connectivity index (χ2v) is 8.89. The Labute approximate surface area is 214 Å². The maximum Gasteiger partial charge on any atom is 0.201 e. The maximum absolute atomic E-state index is 14.7. The van der Waals surface area contributed by atoms with Gasteiger partial charge in [-0.3, -0.25) is 0 Å². The molecule has 37 heavy (non-hydrogen) atoms. The van der Waals surface area contributed by atoms with Crippen LogP contribution < -0.4 is 9.47 Å². The van der Waals surface area contributed by atoms with E-state index < -0.39 is 23.3 Å². The number of hydrogen-bond donors (Lipinski definition) is 0. The van der Waals surface area contributed by atoms with Crippen LogP contribution in [0.3, 0.4) is 0 Å². The zero-order chi connectivity index (χ0) is 26.4. The molecule has 192 valence electrons. The number of ether oxygens (including phenoxy) is 2. The molecule has 0 spiro atoms. The van der Waals surface area contributed by atoms with Crippen LogP contribution in [0.2, 0.25) is 0 Å². The summed E-state index contributed by atoms with van der Waals surface area (Å²) in [6, 6.07) is 19.5. The first-order valence-electron chi connectivity index (χ1n) is 12.3. The predicted molar refractivity (Wildman–Crippen MR) is 138 cm³/mol. The number of halogens is 4. The minimum Gasteiger partial charge on any atom is -0.490 e. The second-order valence-electron chi connectivity index (χ2n) is 8.89. The van der Waals surface area contributed by atoms with E-state index in [1.807, 2.05) is 26.0 Å². The van der Waals surface area contributed by atoms with E-state index in [4.69, 9.17) is 9.47 Å². The molecular formula is C31H28F4O2. The van der Waals surface area contributed by atoms with Crippen LogP contribution >= 0.6 is 0 Å². The smallest absolute Gasteiger partial charge is 0.201 e. The molecule has 6 heteroatoms. The quantitative estimate of drug-likeness (QED) is 0.157. The Morgan fingerprint density at radius 2 is 1.08 bits per heavy atom. The van der Waals surface area contributed by atoms with Gasteiger partial charge in [-0.15, -0.1) is 0 Å². The van der Waals surface area contributed by atoms with Gasteiger partial charge in [-0.2, -0.15) is 8.78 Å². The van der Waals surface area contributed by atoms with Crippen LogP contribution in [0.1, 0.15) is 37.3 Å². The Hall–Kier alpha value is -3.80. The van der Waals surface area contributed by atoms with Crippen molar-refractivity contribution in [2.75, 3.05) is 6.61 Å². The van der Waals surface area contributed by atoms with Crippen LogP contribution in [-0.4, -0.2) is 6.61 Å². The molecule has 0 aliphatic heterocycles. The van der Waals surface area contributed by atoms with E-state index in [9.17, 15) is 17.6 Å². The summed E-state index contributed by atoms with van der Waals surface area (Å²) >= 11 is 0. The van der Waals surface area contributed by atoms with Gasteiger partial charge >= 0.3 is 0 Å². The van der Waals surface area contributed by atoms with Gasteiger partial charge in [-0.25, -0.2) is 8.78 Å². The summed E-state index contributed by atoms with van der Waals surface area (Å²) < 4.78 is 69.4. The lowest BCUT2D eigenvalue weighted by molar-refractivity contribution is 0.285. The standard InChI is InChI=1S/C31H28F4O2/c1-3-4-5-18-36-26-16-14-25(28(32)30(26)34)23-12-8-21(9-13-23)19-37-27-17-15-24(29(33)31(27)35)22-10-6-20(2)7-11-22/h6-17H,3-5,18-19H2,1-2H3. The molecule has 0 heterocycles. The molecule has 0 bridgehead atoms. The van der Waals surface area contributed by atoms with E-state index in [0.717, 1.165) is 24.8 Å². The van der Waals surface area contributed by atoms with Gasteiger partial charge < -0.3 is 9.47 Å².